The molecule has 0 aliphatic rings. The van der Waals surface area contributed by atoms with Crippen molar-refractivity contribution in [3.05, 3.63) is 75.7 Å². The van der Waals surface area contributed by atoms with E-state index in [1.165, 1.54) is 31.2 Å². The van der Waals surface area contributed by atoms with Gasteiger partial charge in [0.05, 0.1) is 4.92 Å². The Morgan fingerprint density at radius 3 is 2.37 bits per heavy atom. The van der Waals surface area contributed by atoms with Crippen LogP contribution in [0.2, 0.25) is 0 Å². The Kier molecular flexibility index (Phi) is 4.88. The Morgan fingerprint density at radius 2 is 1.78 bits per heavy atom. The summed E-state index contributed by atoms with van der Waals surface area (Å²) in [4.78, 5) is 22.1. The Labute approximate surface area is 150 Å². The Bertz CT molecular complexity index is 984. The molecule has 0 bridgehead atoms. The minimum atomic E-state index is -1.21. The molecule has 27 heavy (non-hydrogen) atoms. The highest BCUT2D eigenvalue weighted by molar-refractivity contribution is 5.90. The number of aromatic nitrogens is 2. The van der Waals surface area contributed by atoms with Crippen LogP contribution in [0.5, 0.6) is 0 Å². The van der Waals surface area contributed by atoms with E-state index in [9.17, 15) is 23.7 Å². The van der Waals surface area contributed by atoms with E-state index < -0.39 is 34.2 Å². The molecule has 0 aliphatic heterocycles. The molecular formula is C17H11F2N3O5. The molecule has 0 amide bonds. The number of nitro benzene ring substituents is 1. The Hall–Kier alpha value is -3.69. The van der Waals surface area contributed by atoms with Crippen molar-refractivity contribution < 1.29 is 27.7 Å². The lowest BCUT2D eigenvalue weighted by atomic mass is 10.2. The Balaban J connectivity index is 1.76. The molecule has 0 radical (unpaired) electrons. The third-order valence-electron chi connectivity index (χ3n) is 3.56. The number of carbonyl (C=O) groups excluding carboxylic acids is 1. The molecule has 3 rings (SSSR count). The average molecular weight is 375 g/mol. The fourth-order valence-corrected chi connectivity index (χ4v) is 2.20. The van der Waals surface area contributed by atoms with Crippen LogP contribution in [0.3, 0.4) is 0 Å². The predicted molar refractivity (Wildman–Crippen MR) is 86.6 cm³/mol. The van der Waals surface area contributed by atoms with E-state index in [1.807, 2.05) is 0 Å². The molecule has 8 nitrogen and oxygen atoms in total. The normalized spacial score (nSPS) is 11.8. The molecule has 1 heterocycles. The first-order valence-electron chi connectivity index (χ1n) is 7.60. The third-order valence-corrected chi connectivity index (χ3v) is 3.56. The SMILES string of the molecule is C[C@@H](OC(=O)c1c(F)cccc1F)c1nnc(-c2ccc([N+](=O)[O-])cc2)o1. The standard InChI is InChI=1S/C17H11F2N3O5/c1-9(26-17(23)14-12(18)3-2-4-13(14)19)15-20-21-16(27-15)10-5-7-11(8-6-10)22(24)25/h2-9H,1H3/t9-/m1/s1. The lowest BCUT2D eigenvalue weighted by Crippen LogP contribution is -2.13. The first-order valence-corrected chi connectivity index (χ1v) is 7.60. The van der Waals surface area contributed by atoms with E-state index in [0.29, 0.717) is 5.56 Å². The molecule has 1 atom stereocenters. The maximum atomic E-state index is 13.6. The zero-order valence-corrected chi connectivity index (χ0v) is 13.8. The smallest absolute Gasteiger partial charge is 0.344 e. The van der Waals surface area contributed by atoms with E-state index in [1.54, 1.807) is 0 Å². The number of benzene rings is 2. The maximum Gasteiger partial charge on any atom is 0.344 e. The summed E-state index contributed by atoms with van der Waals surface area (Å²) in [5.41, 5.74) is -0.509. The fraction of sp³-hybridized carbons (Fsp3) is 0.118. The zero-order chi connectivity index (χ0) is 19.6. The van der Waals surface area contributed by atoms with Gasteiger partial charge >= 0.3 is 5.97 Å². The molecule has 0 N–H and O–H groups in total. The largest absolute Gasteiger partial charge is 0.449 e. The summed E-state index contributed by atoms with van der Waals surface area (Å²) in [7, 11) is 0. The van der Waals surface area contributed by atoms with Gasteiger partial charge in [0, 0.05) is 17.7 Å². The van der Waals surface area contributed by atoms with Crippen molar-refractivity contribution in [3.8, 4) is 11.5 Å². The monoisotopic (exact) mass is 375 g/mol. The lowest BCUT2D eigenvalue weighted by Gasteiger charge is -2.10. The molecule has 1 aromatic heterocycles. The first kappa shape index (κ1) is 18.1. The summed E-state index contributed by atoms with van der Waals surface area (Å²) in [5, 5.41) is 18.2. The summed E-state index contributed by atoms with van der Waals surface area (Å²) in [6.07, 6.45) is -1.07. The van der Waals surface area contributed by atoms with Crippen molar-refractivity contribution in [2.45, 2.75) is 13.0 Å². The molecule has 0 spiro atoms. The molecule has 0 saturated heterocycles. The van der Waals surface area contributed by atoms with Gasteiger partial charge in [-0.2, -0.15) is 0 Å². The average Bonchev–Trinajstić information content (AvgIpc) is 3.12. The van der Waals surface area contributed by atoms with E-state index >= 15 is 0 Å². The predicted octanol–water partition coefficient (Wildman–Crippen LogP) is 3.84. The van der Waals surface area contributed by atoms with Gasteiger partial charge in [0.1, 0.15) is 17.2 Å². The third kappa shape index (κ3) is 3.78. The van der Waals surface area contributed by atoms with Gasteiger partial charge in [-0.3, -0.25) is 10.1 Å². The number of non-ortho nitro benzene ring substituents is 1. The molecule has 0 unspecified atom stereocenters. The van der Waals surface area contributed by atoms with Gasteiger partial charge in [-0.05, 0) is 31.2 Å². The molecule has 0 saturated carbocycles. The van der Waals surface area contributed by atoms with Gasteiger partial charge in [0.2, 0.25) is 5.89 Å². The summed E-state index contributed by atoms with van der Waals surface area (Å²) >= 11 is 0. The van der Waals surface area contributed by atoms with Crippen LogP contribution in [0.1, 0.15) is 29.3 Å². The molecule has 10 heteroatoms. The summed E-state index contributed by atoms with van der Waals surface area (Å²) in [5.74, 6) is -3.38. The van der Waals surface area contributed by atoms with Crippen LogP contribution in [0.25, 0.3) is 11.5 Å². The van der Waals surface area contributed by atoms with Crippen LogP contribution in [-0.2, 0) is 4.74 Å². The topological polar surface area (TPSA) is 108 Å². The van der Waals surface area contributed by atoms with Gasteiger partial charge in [-0.15, -0.1) is 10.2 Å². The molecule has 2 aromatic carbocycles. The number of nitro groups is 1. The highest BCUT2D eigenvalue weighted by Crippen LogP contribution is 2.25. The second-order valence-electron chi connectivity index (χ2n) is 5.39. The van der Waals surface area contributed by atoms with Crippen LogP contribution >= 0.6 is 0 Å². The van der Waals surface area contributed by atoms with Gasteiger partial charge < -0.3 is 9.15 Å². The number of rotatable bonds is 5. The highest BCUT2D eigenvalue weighted by Gasteiger charge is 2.24. The van der Waals surface area contributed by atoms with Crippen LogP contribution in [0.4, 0.5) is 14.5 Å². The number of carbonyl (C=O) groups is 1. The quantitative estimate of drug-likeness (QED) is 0.379. The number of ether oxygens (including phenoxy) is 1. The molecule has 0 fully saturated rings. The van der Waals surface area contributed by atoms with Crippen molar-refractivity contribution in [1.82, 2.24) is 10.2 Å². The van der Waals surface area contributed by atoms with Crippen LogP contribution in [-0.4, -0.2) is 21.1 Å². The maximum absolute atomic E-state index is 13.6. The second kappa shape index (κ2) is 7.28. The molecule has 0 aliphatic carbocycles. The van der Waals surface area contributed by atoms with Crippen LogP contribution < -0.4 is 0 Å². The van der Waals surface area contributed by atoms with Crippen molar-refractivity contribution in [2.75, 3.05) is 0 Å². The second-order valence-corrected chi connectivity index (χ2v) is 5.39. The Morgan fingerprint density at radius 1 is 1.15 bits per heavy atom. The highest BCUT2D eigenvalue weighted by atomic mass is 19.1. The van der Waals surface area contributed by atoms with Gasteiger partial charge in [0.15, 0.2) is 6.10 Å². The van der Waals surface area contributed by atoms with Crippen molar-refractivity contribution in [1.29, 1.82) is 0 Å². The minimum Gasteiger partial charge on any atom is -0.449 e. The summed E-state index contributed by atoms with van der Waals surface area (Å²) < 4.78 is 37.6. The first-order chi connectivity index (χ1) is 12.9. The molecular weight excluding hydrogens is 364 g/mol. The van der Waals surface area contributed by atoms with E-state index in [-0.39, 0.29) is 17.5 Å². The van der Waals surface area contributed by atoms with Crippen molar-refractivity contribution in [3.63, 3.8) is 0 Å². The molecule has 3 aromatic rings. The summed E-state index contributed by atoms with van der Waals surface area (Å²) in [6.45, 7) is 1.39. The molecule has 138 valence electrons. The number of hydrogen-bond acceptors (Lipinski definition) is 7. The van der Waals surface area contributed by atoms with Crippen LogP contribution in [0.15, 0.2) is 46.9 Å². The van der Waals surface area contributed by atoms with E-state index in [4.69, 9.17) is 9.15 Å². The van der Waals surface area contributed by atoms with E-state index in [0.717, 1.165) is 18.2 Å². The van der Waals surface area contributed by atoms with Gasteiger partial charge in [-0.25, -0.2) is 13.6 Å². The fourth-order valence-electron chi connectivity index (χ4n) is 2.20. The minimum absolute atomic E-state index is 0.0415. The number of nitrogens with zero attached hydrogens (tertiary/aromatic N) is 3. The van der Waals surface area contributed by atoms with Crippen molar-refractivity contribution >= 4 is 11.7 Å². The number of esters is 1. The number of hydrogen-bond donors (Lipinski definition) is 0. The van der Waals surface area contributed by atoms with Gasteiger partial charge in [0.25, 0.3) is 11.6 Å². The number of halogens is 2. The van der Waals surface area contributed by atoms with Gasteiger partial charge in [-0.1, -0.05) is 6.07 Å². The van der Waals surface area contributed by atoms with Crippen LogP contribution in [0, 0.1) is 21.7 Å². The summed E-state index contributed by atoms with van der Waals surface area (Å²) in [6, 6.07) is 8.36. The van der Waals surface area contributed by atoms with Crippen molar-refractivity contribution in [2.24, 2.45) is 0 Å². The van der Waals surface area contributed by atoms with E-state index in [2.05, 4.69) is 10.2 Å². The lowest BCUT2D eigenvalue weighted by molar-refractivity contribution is -0.384. The zero-order valence-electron chi connectivity index (χ0n) is 13.8.